The highest BCUT2D eigenvalue weighted by Crippen LogP contribution is 2.44. The Balaban J connectivity index is 1.23. The van der Waals surface area contributed by atoms with Gasteiger partial charge in [-0.15, -0.1) is 0 Å². The van der Waals surface area contributed by atoms with Gasteiger partial charge in [-0.05, 0) is 50.2 Å². The number of likely N-dealkylation sites (tertiary alicyclic amines) is 1. The normalized spacial score (nSPS) is 21.4. The Bertz CT molecular complexity index is 912. The van der Waals surface area contributed by atoms with E-state index in [0.29, 0.717) is 6.04 Å². The molecule has 34 heavy (non-hydrogen) atoms. The van der Waals surface area contributed by atoms with Gasteiger partial charge < -0.3 is 10.1 Å². The molecule has 2 fully saturated rings. The number of carbonyl (C=O) groups excluding carboxylic acids is 1. The van der Waals surface area contributed by atoms with Crippen molar-refractivity contribution in [1.82, 2.24) is 10.2 Å². The summed E-state index contributed by atoms with van der Waals surface area (Å²) in [7, 11) is 0. The molecule has 182 valence electrons. The summed E-state index contributed by atoms with van der Waals surface area (Å²) in [4.78, 5) is 16.3. The largest absolute Gasteiger partial charge is 0.457 e. The Morgan fingerprint density at radius 1 is 0.882 bits per heavy atom. The van der Waals surface area contributed by atoms with Crippen molar-refractivity contribution in [3.63, 3.8) is 0 Å². The summed E-state index contributed by atoms with van der Waals surface area (Å²) < 4.78 is 6.09. The second-order valence-corrected chi connectivity index (χ2v) is 10.5. The summed E-state index contributed by atoms with van der Waals surface area (Å²) in [6.45, 7) is 4.57. The van der Waals surface area contributed by atoms with Gasteiger partial charge in [-0.3, -0.25) is 9.69 Å². The molecule has 0 radical (unpaired) electrons. The Kier molecular flexibility index (Phi) is 7.54. The SMILES string of the molecule is CCC(C1CCCCCCC1)N1CCC(NC(=O)C2c3ccccc3Oc3ccccc32)CC1. The first kappa shape index (κ1) is 23.4. The zero-order chi connectivity index (χ0) is 23.3. The Morgan fingerprint density at radius 3 is 2.03 bits per heavy atom. The van der Waals surface area contributed by atoms with Gasteiger partial charge in [-0.2, -0.15) is 0 Å². The minimum atomic E-state index is -0.308. The molecule has 2 aromatic carbocycles. The number of fused-ring (bicyclic) bond motifs is 2. The molecule has 0 aromatic heterocycles. The number of carbonyl (C=O) groups is 1. The molecule has 4 nitrogen and oxygen atoms in total. The lowest BCUT2D eigenvalue weighted by molar-refractivity contribution is -0.122. The van der Waals surface area contributed by atoms with Crippen molar-refractivity contribution < 1.29 is 9.53 Å². The van der Waals surface area contributed by atoms with Crippen molar-refractivity contribution in [3.05, 3.63) is 59.7 Å². The number of para-hydroxylation sites is 2. The van der Waals surface area contributed by atoms with Crippen LogP contribution in [0.15, 0.2) is 48.5 Å². The number of ether oxygens (including phenoxy) is 1. The summed E-state index contributed by atoms with van der Waals surface area (Å²) in [6.07, 6.45) is 13.2. The third kappa shape index (κ3) is 5.02. The monoisotopic (exact) mass is 460 g/mol. The lowest BCUT2D eigenvalue weighted by Crippen LogP contribution is -2.50. The van der Waals surface area contributed by atoms with Gasteiger partial charge in [0, 0.05) is 36.3 Å². The second kappa shape index (κ2) is 10.9. The lowest BCUT2D eigenvalue weighted by Gasteiger charge is -2.42. The van der Waals surface area contributed by atoms with E-state index in [9.17, 15) is 4.79 Å². The molecule has 2 heterocycles. The second-order valence-electron chi connectivity index (χ2n) is 10.5. The number of hydrogen-bond donors (Lipinski definition) is 1. The molecule has 1 saturated carbocycles. The first-order valence-corrected chi connectivity index (χ1v) is 13.6. The predicted octanol–water partition coefficient (Wildman–Crippen LogP) is 6.64. The van der Waals surface area contributed by atoms with Crippen molar-refractivity contribution in [2.24, 2.45) is 5.92 Å². The number of amides is 1. The molecule has 1 amide bonds. The number of piperidine rings is 1. The van der Waals surface area contributed by atoms with Gasteiger partial charge in [0.05, 0.1) is 5.92 Å². The fourth-order valence-corrected chi connectivity index (χ4v) is 6.61. The molecule has 0 bridgehead atoms. The van der Waals surface area contributed by atoms with Crippen LogP contribution in [0.3, 0.4) is 0 Å². The molecule has 2 aliphatic heterocycles. The summed E-state index contributed by atoms with van der Waals surface area (Å²) >= 11 is 0. The topological polar surface area (TPSA) is 41.6 Å². The summed E-state index contributed by atoms with van der Waals surface area (Å²) in [5, 5.41) is 3.42. The van der Waals surface area contributed by atoms with E-state index >= 15 is 0 Å². The van der Waals surface area contributed by atoms with E-state index in [-0.39, 0.29) is 17.9 Å². The summed E-state index contributed by atoms with van der Waals surface area (Å²) in [5.74, 6) is 2.24. The fourth-order valence-electron chi connectivity index (χ4n) is 6.61. The average molecular weight is 461 g/mol. The quantitative estimate of drug-likeness (QED) is 0.543. The van der Waals surface area contributed by atoms with Gasteiger partial charge in [0.15, 0.2) is 0 Å². The van der Waals surface area contributed by atoms with Crippen LogP contribution in [0.5, 0.6) is 11.5 Å². The molecule has 0 spiro atoms. The number of nitrogens with zero attached hydrogens (tertiary/aromatic N) is 1. The third-order valence-corrected chi connectivity index (χ3v) is 8.40. The maximum Gasteiger partial charge on any atom is 0.232 e. The highest BCUT2D eigenvalue weighted by Gasteiger charge is 2.35. The van der Waals surface area contributed by atoms with Crippen molar-refractivity contribution in [2.45, 2.75) is 89.1 Å². The minimum Gasteiger partial charge on any atom is -0.457 e. The van der Waals surface area contributed by atoms with Crippen LogP contribution in [-0.4, -0.2) is 36.0 Å². The Hall–Kier alpha value is -2.33. The molecular formula is C30H40N2O2. The van der Waals surface area contributed by atoms with Crippen LogP contribution in [0.2, 0.25) is 0 Å². The first-order valence-electron chi connectivity index (χ1n) is 13.6. The van der Waals surface area contributed by atoms with Crippen LogP contribution in [0.1, 0.15) is 88.2 Å². The van der Waals surface area contributed by atoms with Gasteiger partial charge in [-0.1, -0.05) is 75.4 Å². The smallest absolute Gasteiger partial charge is 0.232 e. The highest BCUT2D eigenvalue weighted by molar-refractivity contribution is 5.89. The molecule has 1 saturated heterocycles. The molecule has 5 rings (SSSR count). The maximum atomic E-state index is 13.6. The van der Waals surface area contributed by atoms with Crippen molar-refractivity contribution in [3.8, 4) is 11.5 Å². The van der Waals surface area contributed by atoms with Crippen LogP contribution in [-0.2, 0) is 4.79 Å². The summed E-state index contributed by atoms with van der Waals surface area (Å²) in [6, 6.07) is 16.9. The van der Waals surface area contributed by atoms with Gasteiger partial charge in [0.1, 0.15) is 11.5 Å². The van der Waals surface area contributed by atoms with Gasteiger partial charge in [0.2, 0.25) is 5.91 Å². The number of hydrogen-bond acceptors (Lipinski definition) is 3. The Labute approximate surface area is 205 Å². The minimum absolute atomic E-state index is 0.105. The van der Waals surface area contributed by atoms with E-state index in [0.717, 1.165) is 54.5 Å². The average Bonchev–Trinajstić information content (AvgIpc) is 2.85. The number of benzene rings is 2. The zero-order valence-corrected chi connectivity index (χ0v) is 20.7. The van der Waals surface area contributed by atoms with Crippen molar-refractivity contribution >= 4 is 5.91 Å². The first-order chi connectivity index (χ1) is 16.7. The van der Waals surface area contributed by atoms with E-state index in [1.165, 1.54) is 51.4 Å². The molecule has 3 aliphatic rings. The van der Waals surface area contributed by atoms with Crippen molar-refractivity contribution in [1.29, 1.82) is 0 Å². The number of rotatable bonds is 5. The molecule has 1 unspecified atom stereocenters. The van der Waals surface area contributed by atoms with Crippen molar-refractivity contribution in [2.75, 3.05) is 13.1 Å². The fraction of sp³-hybridized carbons (Fsp3) is 0.567. The number of nitrogens with one attached hydrogen (secondary N) is 1. The molecule has 1 N–H and O–H groups in total. The zero-order valence-electron chi connectivity index (χ0n) is 20.7. The van der Waals surface area contributed by atoms with E-state index < -0.39 is 0 Å². The third-order valence-electron chi connectivity index (χ3n) is 8.40. The Morgan fingerprint density at radius 2 is 1.44 bits per heavy atom. The molecule has 1 aliphatic carbocycles. The predicted molar refractivity (Wildman–Crippen MR) is 137 cm³/mol. The van der Waals surface area contributed by atoms with E-state index in [1.54, 1.807) is 0 Å². The van der Waals surface area contributed by atoms with E-state index in [4.69, 9.17) is 4.74 Å². The molecule has 4 heteroatoms. The van der Waals surface area contributed by atoms with E-state index in [2.05, 4.69) is 17.1 Å². The molecule has 1 atom stereocenters. The van der Waals surface area contributed by atoms with Crippen LogP contribution in [0.25, 0.3) is 0 Å². The summed E-state index contributed by atoms with van der Waals surface area (Å²) in [5.41, 5.74) is 1.93. The van der Waals surface area contributed by atoms with Crippen LogP contribution in [0, 0.1) is 5.92 Å². The lowest BCUT2D eigenvalue weighted by atomic mass is 9.83. The maximum absolute atomic E-state index is 13.6. The van der Waals surface area contributed by atoms with E-state index in [1.807, 2.05) is 48.5 Å². The van der Waals surface area contributed by atoms with Crippen LogP contribution < -0.4 is 10.1 Å². The molecule has 2 aromatic rings. The standard InChI is InChI=1S/C30H40N2O2/c1-2-26(22-12-6-4-3-5-7-13-22)32-20-18-23(19-21-32)31-30(33)29-24-14-8-10-16-27(24)34-28-17-11-9-15-25(28)29/h8-11,14-17,22-23,26,29H,2-7,12-13,18-21H2,1H3,(H,31,33). The van der Waals surface area contributed by atoms with Crippen LogP contribution >= 0.6 is 0 Å². The van der Waals surface area contributed by atoms with Gasteiger partial charge in [-0.25, -0.2) is 0 Å². The van der Waals surface area contributed by atoms with Gasteiger partial charge >= 0.3 is 0 Å². The van der Waals surface area contributed by atoms with Gasteiger partial charge in [0.25, 0.3) is 0 Å². The van der Waals surface area contributed by atoms with Crippen LogP contribution in [0.4, 0.5) is 0 Å². The molecular weight excluding hydrogens is 420 g/mol. The highest BCUT2D eigenvalue weighted by atomic mass is 16.5.